The minimum absolute atomic E-state index is 0.196. The summed E-state index contributed by atoms with van der Waals surface area (Å²) >= 11 is 0. The summed E-state index contributed by atoms with van der Waals surface area (Å²) in [6.45, 7) is 3.64. The highest BCUT2D eigenvalue weighted by atomic mass is 16.3. The Morgan fingerprint density at radius 1 is 1.33 bits per heavy atom. The zero-order valence-electron chi connectivity index (χ0n) is 10.8. The first-order valence-electron chi connectivity index (χ1n) is 6.48. The maximum absolute atomic E-state index is 9.15. The van der Waals surface area contributed by atoms with Crippen LogP contribution in [0.3, 0.4) is 0 Å². The highest BCUT2D eigenvalue weighted by Crippen LogP contribution is 2.13. The van der Waals surface area contributed by atoms with Crippen molar-refractivity contribution in [2.75, 3.05) is 6.54 Å². The fourth-order valence-electron chi connectivity index (χ4n) is 1.99. The predicted octanol–water partition coefficient (Wildman–Crippen LogP) is 2.49. The number of pyridine rings is 1. The van der Waals surface area contributed by atoms with E-state index in [4.69, 9.17) is 5.11 Å². The maximum Gasteiger partial charge on any atom is 0.0702 e. The van der Waals surface area contributed by atoms with Crippen LogP contribution in [-0.2, 0) is 6.54 Å². The quantitative estimate of drug-likeness (QED) is 0.767. The first-order valence-corrected chi connectivity index (χ1v) is 6.48. The summed E-state index contributed by atoms with van der Waals surface area (Å²) in [6, 6.07) is 10.4. The normalized spacial score (nSPS) is 12.8. The van der Waals surface area contributed by atoms with Crippen LogP contribution in [0.5, 0.6) is 0 Å². The molecule has 1 aromatic carbocycles. The maximum atomic E-state index is 9.15. The number of nitrogens with zero attached hydrogens (tertiary/aromatic N) is 1. The van der Waals surface area contributed by atoms with E-state index in [0.717, 1.165) is 31.4 Å². The van der Waals surface area contributed by atoms with Crippen molar-refractivity contribution >= 4 is 10.9 Å². The van der Waals surface area contributed by atoms with E-state index in [-0.39, 0.29) is 6.10 Å². The molecule has 1 heterocycles. The molecule has 0 radical (unpaired) electrons. The van der Waals surface area contributed by atoms with Crippen molar-refractivity contribution in [2.24, 2.45) is 0 Å². The molecule has 2 rings (SSSR count). The lowest BCUT2D eigenvalue weighted by Crippen LogP contribution is -2.16. The van der Waals surface area contributed by atoms with E-state index in [9.17, 15) is 0 Å². The predicted molar refractivity (Wildman–Crippen MR) is 74.4 cm³/mol. The second-order valence-electron chi connectivity index (χ2n) is 4.70. The summed E-state index contributed by atoms with van der Waals surface area (Å²) in [5, 5.41) is 13.7. The van der Waals surface area contributed by atoms with Crippen molar-refractivity contribution in [2.45, 2.75) is 32.4 Å². The van der Waals surface area contributed by atoms with E-state index in [0.29, 0.717) is 0 Å². The molecule has 1 aromatic heterocycles. The third-order valence-corrected chi connectivity index (χ3v) is 2.97. The number of fused-ring (bicyclic) bond motifs is 1. The molecule has 1 unspecified atom stereocenters. The SMILES string of the molecule is CC(O)CCCNCc1ccc2ncccc2c1. The van der Waals surface area contributed by atoms with Gasteiger partial charge in [-0.25, -0.2) is 0 Å². The Morgan fingerprint density at radius 2 is 2.22 bits per heavy atom. The molecule has 0 fully saturated rings. The molecule has 0 bridgehead atoms. The van der Waals surface area contributed by atoms with Gasteiger partial charge in [0.2, 0.25) is 0 Å². The molecule has 2 N–H and O–H groups in total. The number of nitrogens with one attached hydrogen (secondary N) is 1. The fraction of sp³-hybridized carbons (Fsp3) is 0.400. The molecule has 3 heteroatoms. The summed E-state index contributed by atoms with van der Waals surface area (Å²) in [5.74, 6) is 0. The highest BCUT2D eigenvalue weighted by molar-refractivity contribution is 5.78. The first kappa shape index (κ1) is 13.0. The van der Waals surface area contributed by atoms with Crippen LogP contribution in [0.15, 0.2) is 36.5 Å². The van der Waals surface area contributed by atoms with Gasteiger partial charge in [0.15, 0.2) is 0 Å². The van der Waals surface area contributed by atoms with Crippen LogP contribution < -0.4 is 5.32 Å². The topological polar surface area (TPSA) is 45.1 Å². The fourth-order valence-corrected chi connectivity index (χ4v) is 1.99. The van der Waals surface area contributed by atoms with Gasteiger partial charge in [0.25, 0.3) is 0 Å². The summed E-state index contributed by atoms with van der Waals surface area (Å²) in [6.07, 6.45) is 3.48. The van der Waals surface area contributed by atoms with Gasteiger partial charge in [-0.15, -0.1) is 0 Å². The van der Waals surface area contributed by atoms with Crippen molar-refractivity contribution < 1.29 is 5.11 Å². The number of rotatable bonds is 6. The Kier molecular flexibility index (Phi) is 4.67. The van der Waals surface area contributed by atoms with Crippen LogP contribution in [0.4, 0.5) is 0 Å². The van der Waals surface area contributed by atoms with Gasteiger partial charge in [-0.1, -0.05) is 12.1 Å². The Balaban J connectivity index is 1.84. The minimum atomic E-state index is -0.196. The molecule has 0 saturated carbocycles. The van der Waals surface area contributed by atoms with E-state index in [1.807, 2.05) is 19.2 Å². The lowest BCUT2D eigenvalue weighted by Gasteiger charge is -2.07. The lowest BCUT2D eigenvalue weighted by atomic mass is 10.1. The standard InChI is InChI=1S/C15H20N2O/c1-12(18)4-2-8-16-11-13-6-7-15-14(10-13)5-3-9-17-15/h3,5-7,9-10,12,16,18H,2,4,8,11H2,1H3. The number of hydrogen-bond donors (Lipinski definition) is 2. The summed E-state index contributed by atoms with van der Waals surface area (Å²) in [7, 11) is 0. The highest BCUT2D eigenvalue weighted by Gasteiger charge is 1.98. The second-order valence-corrected chi connectivity index (χ2v) is 4.70. The zero-order valence-corrected chi connectivity index (χ0v) is 10.8. The van der Waals surface area contributed by atoms with Crippen molar-refractivity contribution in [3.05, 3.63) is 42.1 Å². The van der Waals surface area contributed by atoms with Gasteiger partial charge in [0, 0.05) is 18.1 Å². The Bertz CT molecular complexity index is 497. The summed E-state index contributed by atoms with van der Waals surface area (Å²) in [5.41, 5.74) is 2.31. The van der Waals surface area contributed by atoms with Gasteiger partial charge < -0.3 is 10.4 Å². The number of benzene rings is 1. The van der Waals surface area contributed by atoms with E-state index >= 15 is 0 Å². The molecular weight excluding hydrogens is 224 g/mol. The van der Waals surface area contributed by atoms with Crippen LogP contribution in [0.25, 0.3) is 10.9 Å². The molecular formula is C15H20N2O. The third-order valence-electron chi connectivity index (χ3n) is 2.97. The molecule has 0 spiro atoms. The van der Waals surface area contributed by atoms with Gasteiger partial charge in [-0.2, -0.15) is 0 Å². The van der Waals surface area contributed by atoms with Gasteiger partial charge in [0.05, 0.1) is 11.6 Å². The zero-order chi connectivity index (χ0) is 12.8. The molecule has 0 amide bonds. The summed E-state index contributed by atoms with van der Waals surface area (Å²) < 4.78 is 0. The molecule has 0 aliphatic carbocycles. The van der Waals surface area contributed by atoms with E-state index in [1.54, 1.807) is 0 Å². The number of aliphatic hydroxyl groups excluding tert-OH is 1. The van der Waals surface area contributed by atoms with E-state index in [2.05, 4.69) is 34.6 Å². The smallest absolute Gasteiger partial charge is 0.0702 e. The van der Waals surface area contributed by atoms with Crippen molar-refractivity contribution in [1.82, 2.24) is 10.3 Å². The average Bonchev–Trinajstić information content (AvgIpc) is 2.38. The van der Waals surface area contributed by atoms with Crippen LogP contribution in [-0.4, -0.2) is 22.7 Å². The lowest BCUT2D eigenvalue weighted by molar-refractivity contribution is 0.181. The van der Waals surface area contributed by atoms with E-state index in [1.165, 1.54) is 10.9 Å². The van der Waals surface area contributed by atoms with Crippen LogP contribution >= 0.6 is 0 Å². The van der Waals surface area contributed by atoms with Crippen LogP contribution in [0, 0.1) is 0 Å². The Morgan fingerprint density at radius 3 is 3.06 bits per heavy atom. The largest absolute Gasteiger partial charge is 0.393 e. The van der Waals surface area contributed by atoms with Crippen molar-refractivity contribution in [1.29, 1.82) is 0 Å². The van der Waals surface area contributed by atoms with Crippen LogP contribution in [0.2, 0.25) is 0 Å². The van der Waals surface area contributed by atoms with Gasteiger partial charge in [-0.3, -0.25) is 4.98 Å². The number of hydrogen-bond acceptors (Lipinski definition) is 3. The molecule has 1 atom stereocenters. The molecule has 96 valence electrons. The Labute approximate surface area is 108 Å². The molecule has 18 heavy (non-hydrogen) atoms. The second kappa shape index (κ2) is 6.47. The van der Waals surface area contributed by atoms with E-state index < -0.39 is 0 Å². The average molecular weight is 244 g/mol. The number of aromatic nitrogens is 1. The molecule has 2 aromatic rings. The van der Waals surface area contributed by atoms with Gasteiger partial charge >= 0.3 is 0 Å². The summed E-state index contributed by atoms with van der Waals surface area (Å²) in [4.78, 5) is 4.30. The third kappa shape index (κ3) is 3.79. The van der Waals surface area contributed by atoms with Crippen molar-refractivity contribution in [3.63, 3.8) is 0 Å². The molecule has 0 saturated heterocycles. The molecule has 3 nitrogen and oxygen atoms in total. The molecule has 0 aliphatic rings. The minimum Gasteiger partial charge on any atom is -0.393 e. The van der Waals surface area contributed by atoms with Crippen LogP contribution in [0.1, 0.15) is 25.3 Å². The number of aliphatic hydroxyl groups is 1. The van der Waals surface area contributed by atoms with Crippen molar-refractivity contribution in [3.8, 4) is 0 Å². The first-order chi connectivity index (χ1) is 8.75. The molecule has 0 aliphatic heterocycles. The Hall–Kier alpha value is -1.45. The van der Waals surface area contributed by atoms with Gasteiger partial charge in [0.1, 0.15) is 0 Å². The van der Waals surface area contributed by atoms with Gasteiger partial charge in [-0.05, 0) is 50.1 Å². The monoisotopic (exact) mass is 244 g/mol.